The minimum absolute atomic E-state index is 0.301. The second-order valence-electron chi connectivity index (χ2n) is 5.81. The van der Waals surface area contributed by atoms with E-state index in [0.717, 1.165) is 38.5 Å². The van der Waals surface area contributed by atoms with Crippen molar-refractivity contribution in [2.45, 2.75) is 59.3 Å². The fourth-order valence-electron chi connectivity index (χ4n) is 1.73. The Hall–Kier alpha value is -2.11. The second-order valence-corrected chi connectivity index (χ2v) is 5.81. The highest BCUT2D eigenvalue weighted by Gasteiger charge is 2.15. The van der Waals surface area contributed by atoms with Crippen LogP contribution in [0.1, 0.15) is 59.3 Å². The molecule has 1 atom stereocenters. The average Bonchev–Trinajstić information content (AvgIpc) is 2.62. The summed E-state index contributed by atoms with van der Waals surface area (Å²) in [6.07, 6.45) is 10.2. The number of carbonyl (C=O) groups excluding carboxylic acids is 3. The minimum Gasteiger partial charge on any atom is -0.465 e. The van der Waals surface area contributed by atoms with Crippen molar-refractivity contribution in [3.05, 3.63) is 24.3 Å². The number of rotatable bonds is 14. The van der Waals surface area contributed by atoms with E-state index < -0.39 is 23.8 Å². The molecule has 26 heavy (non-hydrogen) atoms. The van der Waals surface area contributed by atoms with Crippen LogP contribution in [0.25, 0.3) is 0 Å². The summed E-state index contributed by atoms with van der Waals surface area (Å²) in [6, 6.07) is 0. The summed E-state index contributed by atoms with van der Waals surface area (Å²) in [5.41, 5.74) is 0. The Morgan fingerprint density at radius 3 is 1.46 bits per heavy atom. The molecule has 0 radical (unpaired) electrons. The number of hydrogen-bond donors (Lipinski definition) is 0. The van der Waals surface area contributed by atoms with E-state index >= 15 is 0 Å². The molecule has 0 aliphatic carbocycles. The highest BCUT2D eigenvalue weighted by atomic mass is 16.5. The molecule has 0 heterocycles. The SMILES string of the molecule is CCCCOC(=O)C=CC(/C=C\C(=O)OCCCC)C(=O)OCCCC. The van der Waals surface area contributed by atoms with Crippen molar-refractivity contribution < 1.29 is 28.6 Å². The van der Waals surface area contributed by atoms with Gasteiger partial charge >= 0.3 is 17.9 Å². The van der Waals surface area contributed by atoms with Gasteiger partial charge in [-0.15, -0.1) is 0 Å². The Kier molecular flexibility index (Phi) is 15.0. The maximum absolute atomic E-state index is 12.1. The monoisotopic (exact) mass is 368 g/mol. The molecule has 148 valence electrons. The van der Waals surface area contributed by atoms with Crippen LogP contribution in [-0.4, -0.2) is 37.7 Å². The van der Waals surface area contributed by atoms with Crippen molar-refractivity contribution in [1.82, 2.24) is 0 Å². The number of ether oxygens (including phenoxy) is 3. The predicted octanol–water partition coefficient (Wildman–Crippen LogP) is 3.74. The number of carbonyl (C=O) groups is 3. The van der Waals surface area contributed by atoms with E-state index in [-0.39, 0.29) is 0 Å². The van der Waals surface area contributed by atoms with Gasteiger partial charge in [0.25, 0.3) is 0 Å². The van der Waals surface area contributed by atoms with Crippen LogP contribution in [0, 0.1) is 5.92 Å². The highest BCUT2D eigenvalue weighted by Crippen LogP contribution is 2.07. The molecule has 6 heteroatoms. The zero-order valence-corrected chi connectivity index (χ0v) is 16.2. The molecular formula is C20H32O6. The number of hydrogen-bond acceptors (Lipinski definition) is 6. The highest BCUT2D eigenvalue weighted by molar-refractivity contribution is 5.86. The van der Waals surface area contributed by atoms with Crippen LogP contribution in [0.4, 0.5) is 0 Å². The summed E-state index contributed by atoms with van der Waals surface area (Å²) in [5, 5.41) is 0. The lowest BCUT2D eigenvalue weighted by molar-refractivity contribution is -0.145. The fraction of sp³-hybridized carbons (Fsp3) is 0.650. The summed E-state index contributed by atoms with van der Waals surface area (Å²) < 4.78 is 15.2. The molecule has 0 N–H and O–H groups in total. The van der Waals surface area contributed by atoms with Gasteiger partial charge in [-0.1, -0.05) is 52.2 Å². The molecule has 0 rings (SSSR count). The van der Waals surface area contributed by atoms with Crippen molar-refractivity contribution in [2.24, 2.45) is 5.92 Å². The Labute approximate surface area is 156 Å². The third-order valence-electron chi connectivity index (χ3n) is 3.38. The first-order chi connectivity index (χ1) is 12.5. The van der Waals surface area contributed by atoms with Crippen molar-refractivity contribution >= 4 is 17.9 Å². The zero-order chi connectivity index (χ0) is 19.6. The number of esters is 3. The average molecular weight is 368 g/mol. The van der Waals surface area contributed by atoms with Gasteiger partial charge < -0.3 is 14.2 Å². The minimum atomic E-state index is -0.843. The summed E-state index contributed by atoms with van der Waals surface area (Å²) in [5.74, 6) is -2.41. The van der Waals surface area contributed by atoms with Gasteiger partial charge in [0.05, 0.1) is 25.7 Å². The smallest absolute Gasteiger partial charge is 0.330 e. The third kappa shape index (κ3) is 13.2. The van der Waals surface area contributed by atoms with Crippen molar-refractivity contribution in [3.8, 4) is 0 Å². The van der Waals surface area contributed by atoms with Crippen molar-refractivity contribution in [3.63, 3.8) is 0 Å². The molecule has 0 aromatic carbocycles. The van der Waals surface area contributed by atoms with Crippen LogP contribution >= 0.6 is 0 Å². The third-order valence-corrected chi connectivity index (χ3v) is 3.38. The molecule has 0 aromatic rings. The van der Waals surface area contributed by atoms with E-state index in [1.807, 2.05) is 20.8 Å². The maximum Gasteiger partial charge on any atom is 0.330 e. The molecule has 0 saturated carbocycles. The van der Waals surface area contributed by atoms with Gasteiger partial charge in [0.1, 0.15) is 0 Å². The van der Waals surface area contributed by atoms with Gasteiger partial charge in [-0.05, 0) is 19.3 Å². The Morgan fingerprint density at radius 1 is 0.692 bits per heavy atom. The van der Waals surface area contributed by atoms with E-state index in [0.29, 0.717) is 19.8 Å². The molecule has 0 spiro atoms. The normalized spacial score (nSPS) is 12.3. The molecule has 0 amide bonds. The predicted molar refractivity (Wildman–Crippen MR) is 99.4 cm³/mol. The van der Waals surface area contributed by atoms with Crippen LogP contribution in [-0.2, 0) is 28.6 Å². The lowest BCUT2D eigenvalue weighted by Crippen LogP contribution is -2.16. The molecule has 0 saturated heterocycles. The Morgan fingerprint density at radius 2 is 1.08 bits per heavy atom. The quantitative estimate of drug-likeness (QED) is 0.201. The summed E-state index contributed by atoms with van der Waals surface area (Å²) in [7, 11) is 0. The second kappa shape index (κ2) is 16.4. The van der Waals surface area contributed by atoms with Crippen LogP contribution in [0.5, 0.6) is 0 Å². The summed E-state index contributed by atoms with van der Waals surface area (Å²) in [6.45, 7) is 6.96. The first-order valence-corrected chi connectivity index (χ1v) is 9.41. The lowest BCUT2D eigenvalue weighted by Gasteiger charge is -2.09. The molecule has 0 bridgehead atoms. The maximum atomic E-state index is 12.1. The van der Waals surface area contributed by atoms with E-state index in [2.05, 4.69) is 0 Å². The van der Waals surface area contributed by atoms with Gasteiger partial charge in [-0.3, -0.25) is 4.79 Å². The number of unbranched alkanes of at least 4 members (excludes halogenated alkanes) is 3. The molecular weight excluding hydrogens is 336 g/mol. The van der Waals surface area contributed by atoms with Gasteiger partial charge in [0.2, 0.25) is 0 Å². The van der Waals surface area contributed by atoms with Crippen molar-refractivity contribution in [2.75, 3.05) is 19.8 Å². The zero-order valence-electron chi connectivity index (χ0n) is 16.2. The first-order valence-electron chi connectivity index (χ1n) is 9.41. The molecule has 0 aliphatic heterocycles. The molecule has 0 fully saturated rings. The summed E-state index contributed by atoms with van der Waals surface area (Å²) >= 11 is 0. The van der Waals surface area contributed by atoms with Crippen LogP contribution in [0.3, 0.4) is 0 Å². The Balaban J connectivity index is 4.74. The fourth-order valence-corrected chi connectivity index (χ4v) is 1.73. The van der Waals surface area contributed by atoms with E-state index in [4.69, 9.17) is 14.2 Å². The van der Waals surface area contributed by atoms with Crippen LogP contribution in [0.15, 0.2) is 24.3 Å². The largest absolute Gasteiger partial charge is 0.465 e. The lowest BCUT2D eigenvalue weighted by atomic mass is 10.1. The van der Waals surface area contributed by atoms with Gasteiger partial charge in [-0.2, -0.15) is 0 Å². The van der Waals surface area contributed by atoms with E-state index in [9.17, 15) is 14.4 Å². The first kappa shape index (κ1) is 23.9. The molecule has 0 aromatic heterocycles. The standard InChI is InChI=1S/C20H32O6/c1-4-7-14-24-18(21)12-10-17(20(23)26-16-9-6-3)11-13-19(22)25-15-8-5-2/h10-13,17H,4-9,14-16H2,1-3H3/b12-10-,13-11?. The van der Waals surface area contributed by atoms with E-state index in [1.54, 1.807) is 0 Å². The van der Waals surface area contributed by atoms with Crippen molar-refractivity contribution in [1.29, 1.82) is 0 Å². The van der Waals surface area contributed by atoms with E-state index in [1.165, 1.54) is 24.3 Å². The molecule has 1 unspecified atom stereocenters. The Bertz CT molecular complexity index is 435. The molecule has 6 nitrogen and oxygen atoms in total. The van der Waals surface area contributed by atoms with Gasteiger partial charge in [-0.25, -0.2) is 9.59 Å². The van der Waals surface area contributed by atoms with Crippen LogP contribution in [0.2, 0.25) is 0 Å². The summed E-state index contributed by atoms with van der Waals surface area (Å²) in [4.78, 5) is 35.4. The molecule has 0 aliphatic rings. The topological polar surface area (TPSA) is 78.9 Å². The van der Waals surface area contributed by atoms with Crippen LogP contribution < -0.4 is 0 Å². The van der Waals surface area contributed by atoms with Gasteiger partial charge in [0, 0.05) is 12.2 Å². The van der Waals surface area contributed by atoms with Gasteiger partial charge in [0.15, 0.2) is 0 Å².